The zero-order valence-corrected chi connectivity index (χ0v) is 12.4. The predicted molar refractivity (Wildman–Crippen MR) is 81.1 cm³/mol. The number of nitrogens with one attached hydrogen (secondary N) is 1. The fourth-order valence-electron chi connectivity index (χ4n) is 1.86. The molecule has 3 N–H and O–H groups in total. The van der Waals surface area contributed by atoms with Crippen LogP contribution in [0.15, 0.2) is 24.5 Å². The number of carbonyl (C=O) groups is 1. The first kappa shape index (κ1) is 14.7. The van der Waals surface area contributed by atoms with E-state index >= 15 is 0 Å². The molecule has 5 nitrogen and oxygen atoms in total. The van der Waals surface area contributed by atoms with Crippen LogP contribution in [0.5, 0.6) is 0 Å². The Balaban J connectivity index is 2.13. The van der Waals surface area contributed by atoms with Gasteiger partial charge in [0, 0.05) is 23.8 Å². The van der Waals surface area contributed by atoms with Crippen molar-refractivity contribution >= 4 is 40.5 Å². The number of nitrogens with zero attached hydrogens (tertiary/aromatic N) is 2. The highest BCUT2D eigenvalue weighted by Crippen LogP contribution is 2.31. The Kier molecular flexibility index (Phi) is 4.52. The minimum Gasteiger partial charge on any atom is -0.397 e. The highest BCUT2D eigenvalue weighted by molar-refractivity contribution is 6.37. The van der Waals surface area contributed by atoms with Gasteiger partial charge >= 0.3 is 0 Å². The van der Waals surface area contributed by atoms with Crippen LogP contribution in [0.1, 0.15) is 12.7 Å². The van der Waals surface area contributed by atoms with Crippen LogP contribution in [0, 0.1) is 0 Å². The van der Waals surface area contributed by atoms with Crippen molar-refractivity contribution in [2.75, 3.05) is 11.1 Å². The Morgan fingerprint density at radius 3 is 2.85 bits per heavy atom. The topological polar surface area (TPSA) is 72.9 Å². The predicted octanol–water partition coefficient (Wildman–Crippen LogP) is 2.97. The van der Waals surface area contributed by atoms with Crippen LogP contribution in [0.4, 0.5) is 11.4 Å². The first-order chi connectivity index (χ1) is 9.51. The van der Waals surface area contributed by atoms with E-state index in [4.69, 9.17) is 28.9 Å². The zero-order valence-electron chi connectivity index (χ0n) is 10.9. The number of aromatic nitrogens is 2. The summed E-state index contributed by atoms with van der Waals surface area (Å²) in [5.74, 6) is 0.615. The Labute approximate surface area is 126 Å². The maximum Gasteiger partial charge on any atom is 0.244 e. The van der Waals surface area contributed by atoms with Gasteiger partial charge in [-0.3, -0.25) is 4.79 Å². The highest BCUT2D eigenvalue weighted by atomic mass is 35.5. The van der Waals surface area contributed by atoms with Gasteiger partial charge in [0.05, 0.1) is 16.4 Å². The molecule has 0 saturated heterocycles. The van der Waals surface area contributed by atoms with Gasteiger partial charge < -0.3 is 15.6 Å². The molecule has 0 aliphatic carbocycles. The lowest BCUT2D eigenvalue weighted by atomic mass is 10.2. The summed E-state index contributed by atoms with van der Waals surface area (Å²) in [5, 5.41) is 3.43. The molecule has 0 bridgehead atoms. The average molecular weight is 313 g/mol. The number of hydrogen-bond donors (Lipinski definition) is 2. The van der Waals surface area contributed by atoms with E-state index in [-0.39, 0.29) is 12.5 Å². The average Bonchev–Trinajstić information content (AvgIpc) is 2.81. The summed E-state index contributed by atoms with van der Waals surface area (Å²) in [6, 6.07) is 3.07. The molecule has 7 heteroatoms. The fraction of sp³-hybridized carbons (Fsp3) is 0.231. The normalized spacial score (nSPS) is 10.6. The van der Waals surface area contributed by atoms with Crippen molar-refractivity contribution in [3.8, 4) is 0 Å². The van der Waals surface area contributed by atoms with E-state index in [1.165, 1.54) is 12.1 Å². The molecule has 0 aliphatic heterocycles. The standard InChI is InChI=1S/C13H14Cl2N4O/c1-2-11-17-3-4-19(11)7-12(20)18-13-9(15)5-8(14)6-10(13)16/h3-6H,2,7,16H2,1H3,(H,18,20). The number of hydrogen-bond acceptors (Lipinski definition) is 3. The van der Waals surface area contributed by atoms with E-state index in [0.717, 1.165) is 12.2 Å². The quantitative estimate of drug-likeness (QED) is 0.852. The number of halogens is 2. The third-order valence-electron chi connectivity index (χ3n) is 2.78. The lowest BCUT2D eigenvalue weighted by Crippen LogP contribution is -2.20. The van der Waals surface area contributed by atoms with E-state index in [1.807, 2.05) is 6.92 Å². The summed E-state index contributed by atoms with van der Waals surface area (Å²) in [6.07, 6.45) is 4.17. The van der Waals surface area contributed by atoms with E-state index in [2.05, 4.69) is 10.3 Å². The molecule has 0 saturated carbocycles. The smallest absolute Gasteiger partial charge is 0.244 e. The summed E-state index contributed by atoms with van der Waals surface area (Å²) in [4.78, 5) is 16.2. The van der Waals surface area contributed by atoms with Gasteiger partial charge in [-0.15, -0.1) is 0 Å². The Morgan fingerprint density at radius 2 is 2.20 bits per heavy atom. The second kappa shape index (κ2) is 6.15. The molecule has 1 heterocycles. The number of rotatable bonds is 4. The molecule has 0 spiro atoms. The van der Waals surface area contributed by atoms with E-state index in [0.29, 0.717) is 21.4 Å². The van der Waals surface area contributed by atoms with Crippen molar-refractivity contribution in [2.24, 2.45) is 0 Å². The van der Waals surface area contributed by atoms with Crippen molar-refractivity contribution in [2.45, 2.75) is 19.9 Å². The molecule has 1 amide bonds. The van der Waals surface area contributed by atoms with E-state index < -0.39 is 0 Å². The Morgan fingerprint density at radius 1 is 1.45 bits per heavy atom. The minimum atomic E-state index is -0.228. The highest BCUT2D eigenvalue weighted by Gasteiger charge is 2.12. The van der Waals surface area contributed by atoms with E-state index in [1.54, 1.807) is 17.0 Å². The Bertz CT molecular complexity index is 616. The summed E-state index contributed by atoms with van der Waals surface area (Å²) >= 11 is 11.8. The first-order valence-corrected chi connectivity index (χ1v) is 6.81. The summed E-state index contributed by atoms with van der Waals surface area (Å²) in [5.41, 5.74) is 6.50. The van der Waals surface area contributed by atoms with Gasteiger partial charge in [0.2, 0.25) is 5.91 Å². The third kappa shape index (κ3) is 3.23. The molecule has 0 radical (unpaired) electrons. The van der Waals surface area contributed by atoms with Crippen molar-refractivity contribution in [1.29, 1.82) is 0 Å². The molecular weight excluding hydrogens is 299 g/mol. The number of anilines is 2. The maximum atomic E-state index is 12.0. The SMILES string of the molecule is CCc1nccn1CC(=O)Nc1c(N)cc(Cl)cc1Cl. The van der Waals surface area contributed by atoms with Crippen molar-refractivity contribution in [1.82, 2.24) is 9.55 Å². The van der Waals surface area contributed by atoms with Crippen LogP contribution in [0.3, 0.4) is 0 Å². The van der Waals surface area contributed by atoms with Gasteiger partial charge in [0.25, 0.3) is 0 Å². The van der Waals surface area contributed by atoms with Crippen molar-refractivity contribution in [3.05, 3.63) is 40.4 Å². The molecule has 2 aromatic rings. The van der Waals surface area contributed by atoms with Gasteiger partial charge in [-0.2, -0.15) is 0 Å². The number of carbonyl (C=O) groups excluding carboxylic acids is 1. The molecule has 20 heavy (non-hydrogen) atoms. The van der Waals surface area contributed by atoms with Gasteiger partial charge in [-0.1, -0.05) is 30.1 Å². The largest absolute Gasteiger partial charge is 0.397 e. The maximum absolute atomic E-state index is 12.0. The zero-order chi connectivity index (χ0) is 14.7. The van der Waals surface area contributed by atoms with Gasteiger partial charge in [0.15, 0.2) is 0 Å². The molecule has 0 atom stereocenters. The van der Waals surface area contributed by atoms with E-state index in [9.17, 15) is 4.79 Å². The molecule has 106 valence electrons. The van der Waals surface area contributed by atoms with Crippen LogP contribution in [-0.2, 0) is 17.8 Å². The number of nitrogens with two attached hydrogens (primary N) is 1. The van der Waals surface area contributed by atoms with Crippen molar-refractivity contribution in [3.63, 3.8) is 0 Å². The van der Waals surface area contributed by atoms with Crippen LogP contribution in [0.25, 0.3) is 0 Å². The number of benzene rings is 1. The van der Waals surface area contributed by atoms with Crippen LogP contribution in [0.2, 0.25) is 10.0 Å². The second-order valence-corrected chi connectivity index (χ2v) is 5.07. The van der Waals surface area contributed by atoms with Crippen LogP contribution < -0.4 is 11.1 Å². The molecular formula is C13H14Cl2N4O. The molecule has 1 aromatic heterocycles. The molecule has 0 unspecified atom stereocenters. The van der Waals surface area contributed by atoms with Gasteiger partial charge in [-0.05, 0) is 12.1 Å². The number of nitrogen functional groups attached to an aromatic ring is 1. The Hall–Kier alpha value is -1.72. The van der Waals surface area contributed by atoms with Crippen molar-refractivity contribution < 1.29 is 4.79 Å². The van der Waals surface area contributed by atoms with Crippen LogP contribution >= 0.6 is 23.2 Å². The number of imidazole rings is 1. The van der Waals surface area contributed by atoms with Crippen LogP contribution in [-0.4, -0.2) is 15.5 Å². The molecule has 0 aliphatic rings. The number of aryl methyl sites for hydroxylation is 1. The van der Waals surface area contributed by atoms with Gasteiger partial charge in [-0.25, -0.2) is 4.98 Å². The van der Waals surface area contributed by atoms with Gasteiger partial charge in [0.1, 0.15) is 12.4 Å². The summed E-state index contributed by atoms with van der Waals surface area (Å²) < 4.78 is 1.77. The first-order valence-electron chi connectivity index (χ1n) is 6.05. The second-order valence-electron chi connectivity index (χ2n) is 4.22. The molecule has 2 rings (SSSR count). The summed E-state index contributed by atoms with van der Waals surface area (Å²) in [7, 11) is 0. The fourth-order valence-corrected chi connectivity index (χ4v) is 2.41. The summed E-state index contributed by atoms with van der Waals surface area (Å²) in [6.45, 7) is 2.13. The number of amides is 1. The molecule has 0 fully saturated rings. The third-order valence-corrected chi connectivity index (χ3v) is 3.30. The minimum absolute atomic E-state index is 0.154. The lowest BCUT2D eigenvalue weighted by Gasteiger charge is -2.12. The monoisotopic (exact) mass is 312 g/mol. The lowest BCUT2D eigenvalue weighted by molar-refractivity contribution is -0.116. The molecule has 1 aromatic carbocycles.